The van der Waals surface area contributed by atoms with Crippen molar-refractivity contribution in [1.29, 1.82) is 0 Å². The molecule has 2 heteroatoms. The molecule has 0 fully saturated rings. The quantitative estimate of drug-likeness (QED) is 0.445. The molecule has 1 aromatic heterocycles. The Morgan fingerprint density at radius 2 is 1.71 bits per heavy atom. The van der Waals surface area contributed by atoms with Crippen LogP contribution in [0.4, 0.5) is 0 Å². The summed E-state index contributed by atoms with van der Waals surface area (Å²) in [5.74, 6) is 0.224. The molecular formula is C19H25NO. The van der Waals surface area contributed by atoms with Crippen LogP contribution in [0.3, 0.4) is 0 Å². The Morgan fingerprint density at radius 1 is 1.00 bits per heavy atom. The second-order valence-electron chi connectivity index (χ2n) is 5.71. The van der Waals surface area contributed by atoms with Crippen molar-refractivity contribution in [2.24, 2.45) is 0 Å². The van der Waals surface area contributed by atoms with Crippen molar-refractivity contribution in [3.05, 3.63) is 42.1 Å². The lowest BCUT2D eigenvalue weighted by Crippen LogP contribution is -2.00. The molecule has 0 spiro atoms. The Labute approximate surface area is 127 Å². The second kappa shape index (κ2) is 8.56. The number of benzene rings is 1. The summed E-state index contributed by atoms with van der Waals surface area (Å²) >= 11 is 0. The molecule has 21 heavy (non-hydrogen) atoms. The van der Waals surface area contributed by atoms with Gasteiger partial charge in [-0.3, -0.25) is 9.78 Å². The van der Waals surface area contributed by atoms with Crippen molar-refractivity contribution >= 4 is 16.7 Å². The van der Waals surface area contributed by atoms with E-state index in [2.05, 4.69) is 11.9 Å². The van der Waals surface area contributed by atoms with Gasteiger partial charge < -0.3 is 0 Å². The highest BCUT2D eigenvalue weighted by atomic mass is 16.1. The summed E-state index contributed by atoms with van der Waals surface area (Å²) in [4.78, 5) is 16.5. The van der Waals surface area contributed by atoms with Gasteiger partial charge in [0.15, 0.2) is 5.78 Å². The van der Waals surface area contributed by atoms with E-state index in [0.29, 0.717) is 6.42 Å². The molecular weight excluding hydrogens is 258 g/mol. The van der Waals surface area contributed by atoms with E-state index in [4.69, 9.17) is 0 Å². The topological polar surface area (TPSA) is 30.0 Å². The van der Waals surface area contributed by atoms with Gasteiger partial charge in [-0.1, -0.05) is 63.6 Å². The fraction of sp³-hybridized carbons (Fsp3) is 0.474. The van der Waals surface area contributed by atoms with Crippen LogP contribution in [0.5, 0.6) is 0 Å². The van der Waals surface area contributed by atoms with Crippen molar-refractivity contribution in [1.82, 2.24) is 4.98 Å². The molecule has 0 unspecified atom stereocenters. The average Bonchev–Trinajstić information content (AvgIpc) is 2.53. The SMILES string of the molecule is CCCCCCCCCC(=O)c1cnc2ccccc2c1. The Balaban J connectivity index is 1.77. The smallest absolute Gasteiger partial charge is 0.164 e. The number of nitrogens with zero attached hydrogens (tertiary/aromatic N) is 1. The second-order valence-corrected chi connectivity index (χ2v) is 5.71. The highest BCUT2D eigenvalue weighted by Gasteiger charge is 2.07. The van der Waals surface area contributed by atoms with E-state index >= 15 is 0 Å². The molecule has 0 radical (unpaired) electrons. The van der Waals surface area contributed by atoms with Crippen molar-refractivity contribution < 1.29 is 4.79 Å². The maximum atomic E-state index is 12.2. The minimum atomic E-state index is 0.224. The van der Waals surface area contributed by atoms with Crippen LogP contribution < -0.4 is 0 Å². The summed E-state index contributed by atoms with van der Waals surface area (Å²) in [6.45, 7) is 2.23. The number of fused-ring (bicyclic) bond motifs is 1. The first-order valence-electron chi connectivity index (χ1n) is 8.19. The zero-order chi connectivity index (χ0) is 14.9. The molecule has 0 atom stereocenters. The van der Waals surface area contributed by atoms with Crippen molar-refractivity contribution in [2.75, 3.05) is 0 Å². The van der Waals surface area contributed by atoms with Gasteiger partial charge in [-0.2, -0.15) is 0 Å². The third-order valence-corrected chi connectivity index (χ3v) is 3.92. The number of pyridine rings is 1. The monoisotopic (exact) mass is 283 g/mol. The van der Waals surface area contributed by atoms with Crippen molar-refractivity contribution in [2.45, 2.75) is 58.3 Å². The van der Waals surface area contributed by atoms with Crippen LogP contribution in [0.15, 0.2) is 36.5 Å². The van der Waals surface area contributed by atoms with E-state index < -0.39 is 0 Å². The Hall–Kier alpha value is -1.70. The van der Waals surface area contributed by atoms with E-state index in [0.717, 1.165) is 29.3 Å². The number of rotatable bonds is 9. The molecule has 0 bridgehead atoms. The summed E-state index contributed by atoms with van der Waals surface area (Å²) in [6, 6.07) is 9.89. The normalized spacial score (nSPS) is 10.9. The average molecular weight is 283 g/mol. The molecule has 2 rings (SSSR count). The van der Waals surface area contributed by atoms with Gasteiger partial charge in [0.2, 0.25) is 0 Å². The van der Waals surface area contributed by atoms with Crippen LogP contribution in [-0.2, 0) is 0 Å². The van der Waals surface area contributed by atoms with Gasteiger partial charge in [0.1, 0.15) is 0 Å². The Bertz CT molecular complexity index is 577. The minimum Gasteiger partial charge on any atom is -0.294 e. The first-order valence-corrected chi connectivity index (χ1v) is 8.19. The lowest BCUT2D eigenvalue weighted by Gasteiger charge is -2.03. The van der Waals surface area contributed by atoms with Gasteiger partial charge in [0.25, 0.3) is 0 Å². The molecule has 2 nitrogen and oxygen atoms in total. The zero-order valence-electron chi connectivity index (χ0n) is 13.0. The number of carbonyl (C=O) groups excluding carboxylic acids is 1. The number of carbonyl (C=O) groups is 1. The maximum Gasteiger partial charge on any atom is 0.164 e. The molecule has 0 aliphatic carbocycles. The van der Waals surface area contributed by atoms with Gasteiger partial charge in [-0.15, -0.1) is 0 Å². The summed E-state index contributed by atoms with van der Waals surface area (Å²) in [6.07, 6.45) is 11.0. The van der Waals surface area contributed by atoms with Gasteiger partial charge in [-0.05, 0) is 18.6 Å². The standard InChI is InChI=1S/C19H25NO/c1-2-3-4-5-6-7-8-13-19(21)17-14-16-11-9-10-12-18(16)20-15-17/h9-12,14-15H,2-8,13H2,1H3. The first-order chi connectivity index (χ1) is 10.3. The molecule has 2 aromatic rings. The predicted octanol–water partition coefficient (Wildman–Crippen LogP) is 5.56. The number of hydrogen-bond donors (Lipinski definition) is 0. The number of para-hydroxylation sites is 1. The van der Waals surface area contributed by atoms with Crippen LogP contribution in [0.1, 0.15) is 68.6 Å². The summed E-state index contributed by atoms with van der Waals surface area (Å²) in [5, 5.41) is 1.04. The molecule has 0 aliphatic heterocycles. The number of ketones is 1. The van der Waals surface area contributed by atoms with Crippen LogP contribution in [0.2, 0.25) is 0 Å². The van der Waals surface area contributed by atoms with Crippen LogP contribution in [0.25, 0.3) is 10.9 Å². The molecule has 0 aliphatic rings. The molecule has 112 valence electrons. The number of unbranched alkanes of at least 4 members (excludes halogenated alkanes) is 6. The maximum absolute atomic E-state index is 12.2. The van der Waals surface area contributed by atoms with E-state index in [1.54, 1.807) is 6.20 Å². The van der Waals surface area contributed by atoms with Gasteiger partial charge in [0.05, 0.1) is 5.52 Å². The lowest BCUT2D eigenvalue weighted by atomic mass is 10.0. The van der Waals surface area contributed by atoms with E-state index in [1.807, 2.05) is 30.3 Å². The summed E-state index contributed by atoms with van der Waals surface area (Å²) in [7, 11) is 0. The highest BCUT2D eigenvalue weighted by Crippen LogP contribution is 2.15. The van der Waals surface area contributed by atoms with Gasteiger partial charge >= 0.3 is 0 Å². The summed E-state index contributed by atoms with van der Waals surface area (Å²) < 4.78 is 0. The highest BCUT2D eigenvalue weighted by molar-refractivity contribution is 5.98. The number of aromatic nitrogens is 1. The molecule has 0 N–H and O–H groups in total. The minimum absolute atomic E-state index is 0.224. The number of Topliss-reactive ketones (excluding diaryl/α,β-unsaturated/α-hetero) is 1. The van der Waals surface area contributed by atoms with E-state index in [1.165, 1.54) is 32.1 Å². The lowest BCUT2D eigenvalue weighted by molar-refractivity contribution is 0.0979. The van der Waals surface area contributed by atoms with E-state index in [-0.39, 0.29) is 5.78 Å². The summed E-state index contributed by atoms with van der Waals surface area (Å²) in [5.41, 5.74) is 1.70. The number of hydrogen-bond acceptors (Lipinski definition) is 2. The third-order valence-electron chi connectivity index (χ3n) is 3.92. The van der Waals surface area contributed by atoms with Crippen molar-refractivity contribution in [3.63, 3.8) is 0 Å². The van der Waals surface area contributed by atoms with Gasteiger partial charge in [0, 0.05) is 23.6 Å². The molecule has 0 amide bonds. The third kappa shape index (κ3) is 4.96. The first kappa shape index (κ1) is 15.7. The fourth-order valence-corrected chi connectivity index (χ4v) is 2.61. The molecule has 0 saturated carbocycles. The van der Waals surface area contributed by atoms with Crippen LogP contribution in [0, 0.1) is 0 Å². The zero-order valence-corrected chi connectivity index (χ0v) is 13.0. The Morgan fingerprint density at radius 3 is 2.52 bits per heavy atom. The predicted molar refractivity (Wildman–Crippen MR) is 88.7 cm³/mol. The van der Waals surface area contributed by atoms with Crippen molar-refractivity contribution in [3.8, 4) is 0 Å². The Kier molecular flexibility index (Phi) is 6.39. The van der Waals surface area contributed by atoms with E-state index in [9.17, 15) is 4.79 Å². The fourth-order valence-electron chi connectivity index (χ4n) is 2.61. The van der Waals surface area contributed by atoms with Gasteiger partial charge in [-0.25, -0.2) is 0 Å². The van der Waals surface area contributed by atoms with Crippen LogP contribution in [-0.4, -0.2) is 10.8 Å². The largest absolute Gasteiger partial charge is 0.294 e. The molecule has 1 heterocycles. The van der Waals surface area contributed by atoms with Crippen LogP contribution >= 0.6 is 0 Å². The molecule has 1 aromatic carbocycles. The molecule has 0 saturated heterocycles.